The van der Waals surface area contributed by atoms with Crippen LogP contribution in [0.3, 0.4) is 0 Å². The maximum Gasteiger partial charge on any atom is -0.0210 e. The molecule has 70 valence electrons. The highest BCUT2D eigenvalue weighted by molar-refractivity contribution is 5.18. The summed E-state index contributed by atoms with van der Waals surface area (Å²) in [4.78, 5) is 0. The van der Waals surface area contributed by atoms with Crippen molar-refractivity contribution >= 4 is 0 Å². The van der Waals surface area contributed by atoms with Gasteiger partial charge >= 0.3 is 0 Å². The van der Waals surface area contributed by atoms with Crippen molar-refractivity contribution in [3.05, 3.63) is 0 Å². The van der Waals surface area contributed by atoms with E-state index in [-0.39, 0.29) is 0 Å². The van der Waals surface area contributed by atoms with Crippen LogP contribution in [-0.4, -0.2) is 0 Å². The minimum Gasteiger partial charge on any atom is -0.0654 e. The van der Waals surface area contributed by atoms with Crippen LogP contribution >= 0.6 is 0 Å². The molecule has 0 radical (unpaired) electrons. The summed E-state index contributed by atoms with van der Waals surface area (Å²) in [5.74, 6) is 1.09. The number of hydrogen-bond donors (Lipinski definition) is 0. The highest BCUT2D eigenvalue weighted by Crippen LogP contribution is 2.78. The summed E-state index contributed by atoms with van der Waals surface area (Å²) in [5.41, 5.74) is 1.61. The number of rotatable bonds is 3. The molecule has 0 aromatic rings. The molecule has 0 aromatic carbocycles. The summed E-state index contributed by atoms with van der Waals surface area (Å²) < 4.78 is 0. The van der Waals surface area contributed by atoms with E-state index < -0.39 is 0 Å². The molecule has 0 heteroatoms. The molecule has 0 aliphatic heterocycles. The lowest BCUT2D eigenvalue weighted by atomic mass is 9.64. The molecule has 2 aliphatic carbocycles. The highest BCUT2D eigenvalue weighted by atomic mass is 14.7. The molecule has 2 rings (SSSR count). The average molecular weight is 166 g/mol. The van der Waals surface area contributed by atoms with E-state index in [0.29, 0.717) is 0 Å². The van der Waals surface area contributed by atoms with Crippen LogP contribution in [0.25, 0.3) is 0 Å². The third-order valence-electron chi connectivity index (χ3n) is 4.80. The first-order valence-electron chi connectivity index (χ1n) is 5.68. The van der Waals surface area contributed by atoms with E-state index in [9.17, 15) is 0 Å². The second-order valence-electron chi connectivity index (χ2n) is 5.29. The van der Waals surface area contributed by atoms with Gasteiger partial charge < -0.3 is 0 Å². The first-order valence-corrected chi connectivity index (χ1v) is 5.68. The Hall–Kier alpha value is 0. The summed E-state index contributed by atoms with van der Waals surface area (Å²) in [5, 5.41) is 0. The van der Waals surface area contributed by atoms with Gasteiger partial charge in [-0.1, -0.05) is 33.6 Å². The average Bonchev–Trinajstić information content (AvgIpc) is 2.59. The van der Waals surface area contributed by atoms with Crippen LogP contribution in [0.1, 0.15) is 59.3 Å². The molecule has 0 nitrogen and oxygen atoms in total. The maximum atomic E-state index is 2.53. The summed E-state index contributed by atoms with van der Waals surface area (Å²) in [6, 6.07) is 0. The predicted octanol–water partition coefficient (Wildman–Crippen LogP) is 4.00. The van der Waals surface area contributed by atoms with Crippen LogP contribution in [0.5, 0.6) is 0 Å². The van der Waals surface area contributed by atoms with Gasteiger partial charge in [-0.15, -0.1) is 0 Å². The minimum absolute atomic E-state index is 0.765. The molecule has 3 atom stereocenters. The van der Waals surface area contributed by atoms with Crippen LogP contribution in [0.15, 0.2) is 0 Å². The van der Waals surface area contributed by atoms with Gasteiger partial charge in [-0.25, -0.2) is 0 Å². The van der Waals surface area contributed by atoms with Gasteiger partial charge in [0, 0.05) is 0 Å². The second kappa shape index (κ2) is 2.49. The molecular weight excluding hydrogens is 144 g/mol. The lowest BCUT2D eigenvalue weighted by molar-refractivity contribution is 0.0903. The Morgan fingerprint density at radius 2 is 2.08 bits per heavy atom. The van der Waals surface area contributed by atoms with E-state index in [0.717, 1.165) is 16.7 Å². The van der Waals surface area contributed by atoms with Crippen molar-refractivity contribution < 1.29 is 0 Å². The molecule has 12 heavy (non-hydrogen) atoms. The van der Waals surface area contributed by atoms with Gasteiger partial charge in [-0.2, -0.15) is 0 Å². The first-order chi connectivity index (χ1) is 5.68. The predicted molar refractivity (Wildman–Crippen MR) is 53.1 cm³/mol. The van der Waals surface area contributed by atoms with E-state index >= 15 is 0 Å². The van der Waals surface area contributed by atoms with Crippen LogP contribution in [0.4, 0.5) is 0 Å². The summed E-state index contributed by atoms with van der Waals surface area (Å²) in [6.45, 7) is 7.23. The Morgan fingerprint density at radius 3 is 2.50 bits per heavy atom. The molecule has 2 fully saturated rings. The molecule has 1 spiro atoms. The van der Waals surface area contributed by atoms with Crippen molar-refractivity contribution in [1.29, 1.82) is 0 Å². The van der Waals surface area contributed by atoms with Gasteiger partial charge in [-0.05, 0) is 42.4 Å². The van der Waals surface area contributed by atoms with Gasteiger partial charge in [0.25, 0.3) is 0 Å². The van der Waals surface area contributed by atoms with Crippen molar-refractivity contribution in [1.82, 2.24) is 0 Å². The Morgan fingerprint density at radius 1 is 1.33 bits per heavy atom. The molecule has 3 unspecified atom stereocenters. The summed E-state index contributed by atoms with van der Waals surface area (Å²) in [7, 11) is 0. The van der Waals surface area contributed by atoms with Crippen molar-refractivity contribution in [3.63, 3.8) is 0 Å². The maximum absolute atomic E-state index is 2.53. The van der Waals surface area contributed by atoms with E-state index in [4.69, 9.17) is 0 Å². The first kappa shape index (κ1) is 8.59. The third-order valence-corrected chi connectivity index (χ3v) is 4.80. The molecular formula is C12H22. The summed E-state index contributed by atoms with van der Waals surface area (Å²) >= 11 is 0. The zero-order valence-electron chi connectivity index (χ0n) is 8.82. The van der Waals surface area contributed by atoms with Crippen molar-refractivity contribution in [2.24, 2.45) is 16.7 Å². The standard InChI is InChI=1S/C12H22/c1-4-7-11(3)9-12(11)8-6-10(12)5-2/h10H,4-9H2,1-3H3. The van der Waals surface area contributed by atoms with E-state index in [1.165, 1.54) is 25.7 Å². The topological polar surface area (TPSA) is 0 Å². The monoisotopic (exact) mass is 166 g/mol. The van der Waals surface area contributed by atoms with Crippen molar-refractivity contribution in [2.75, 3.05) is 0 Å². The van der Waals surface area contributed by atoms with E-state index in [1.54, 1.807) is 12.8 Å². The Labute approximate surface area is 76.7 Å². The largest absolute Gasteiger partial charge is 0.0654 e. The Kier molecular flexibility index (Phi) is 1.79. The fourth-order valence-corrected chi connectivity index (χ4v) is 3.86. The third kappa shape index (κ3) is 0.843. The van der Waals surface area contributed by atoms with Gasteiger partial charge in [0.1, 0.15) is 0 Å². The van der Waals surface area contributed by atoms with Crippen LogP contribution in [-0.2, 0) is 0 Å². The molecule has 2 saturated carbocycles. The quantitative estimate of drug-likeness (QED) is 0.594. The van der Waals surface area contributed by atoms with Crippen LogP contribution in [0.2, 0.25) is 0 Å². The van der Waals surface area contributed by atoms with Gasteiger partial charge in [0.05, 0.1) is 0 Å². The van der Waals surface area contributed by atoms with Crippen LogP contribution in [0, 0.1) is 16.7 Å². The zero-order valence-corrected chi connectivity index (χ0v) is 8.82. The normalized spacial score (nSPS) is 50.8. The number of hydrogen-bond acceptors (Lipinski definition) is 0. The van der Waals surface area contributed by atoms with Gasteiger partial charge in [0.15, 0.2) is 0 Å². The smallest absolute Gasteiger partial charge is 0.0210 e. The molecule has 0 heterocycles. The fraction of sp³-hybridized carbons (Fsp3) is 1.00. The SMILES string of the molecule is CCCC1(C)CC12CCC2CC. The molecule has 0 N–H and O–H groups in total. The Balaban J connectivity index is 1.99. The Bertz CT molecular complexity index is 182. The summed E-state index contributed by atoms with van der Waals surface area (Å²) in [6.07, 6.45) is 8.90. The minimum atomic E-state index is 0.765. The fourth-order valence-electron chi connectivity index (χ4n) is 3.86. The van der Waals surface area contributed by atoms with E-state index in [1.807, 2.05) is 0 Å². The highest BCUT2D eigenvalue weighted by Gasteiger charge is 2.69. The molecule has 0 aromatic heterocycles. The lowest BCUT2D eigenvalue weighted by Crippen LogP contribution is -2.31. The second-order valence-corrected chi connectivity index (χ2v) is 5.29. The van der Waals surface area contributed by atoms with Gasteiger partial charge in [-0.3, -0.25) is 0 Å². The van der Waals surface area contributed by atoms with Gasteiger partial charge in [0.2, 0.25) is 0 Å². The molecule has 0 saturated heterocycles. The molecule has 2 aliphatic rings. The van der Waals surface area contributed by atoms with Crippen molar-refractivity contribution in [2.45, 2.75) is 59.3 Å². The molecule has 0 bridgehead atoms. The van der Waals surface area contributed by atoms with E-state index in [2.05, 4.69) is 20.8 Å². The molecule has 0 amide bonds. The lowest BCUT2D eigenvalue weighted by Gasteiger charge is -2.41. The van der Waals surface area contributed by atoms with Crippen molar-refractivity contribution in [3.8, 4) is 0 Å². The van der Waals surface area contributed by atoms with Crippen LogP contribution < -0.4 is 0 Å². The zero-order chi connectivity index (χ0) is 8.82.